The van der Waals surface area contributed by atoms with Gasteiger partial charge in [0.05, 0.1) is 0 Å². The maximum Gasteiger partial charge on any atom is 0.325 e. The summed E-state index contributed by atoms with van der Waals surface area (Å²) in [5.74, 6) is -1.26. The molecule has 2 aromatic rings. The third-order valence-electron chi connectivity index (χ3n) is 5.18. The van der Waals surface area contributed by atoms with Crippen LogP contribution in [0.25, 0.3) is 0 Å². The topological polar surface area (TPSA) is 122 Å². The first-order valence-electron chi connectivity index (χ1n) is 9.56. The number of rotatable bonds is 6. The number of nitrogens with one attached hydrogen (secondary N) is 2. The van der Waals surface area contributed by atoms with Gasteiger partial charge in [-0.3, -0.25) is 19.3 Å². The smallest absolute Gasteiger partial charge is 0.325 e. The van der Waals surface area contributed by atoms with Gasteiger partial charge in [-0.15, -0.1) is 0 Å². The molecule has 3 rings (SSSR count). The monoisotopic (exact) mass is 408 g/mol. The van der Waals surface area contributed by atoms with Gasteiger partial charge in [-0.1, -0.05) is 38.1 Å². The number of hydrogen-bond acceptors (Lipinski definition) is 4. The lowest BCUT2D eigenvalue weighted by atomic mass is 9.90. The molecule has 1 saturated heterocycles. The van der Waals surface area contributed by atoms with Crippen molar-refractivity contribution < 1.29 is 19.2 Å². The molecule has 1 aliphatic rings. The summed E-state index contributed by atoms with van der Waals surface area (Å²) < 4.78 is 0. The van der Waals surface area contributed by atoms with Gasteiger partial charge in [-0.2, -0.15) is 0 Å². The van der Waals surface area contributed by atoms with Crippen molar-refractivity contribution in [1.82, 2.24) is 10.2 Å². The van der Waals surface area contributed by atoms with Gasteiger partial charge in [0.2, 0.25) is 11.8 Å². The summed E-state index contributed by atoms with van der Waals surface area (Å²) in [7, 11) is 0. The summed E-state index contributed by atoms with van der Waals surface area (Å²) >= 11 is 0. The molecule has 30 heavy (non-hydrogen) atoms. The number of benzene rings is 2. The van der Waals surface area contributed by atoms with Crippen LogP contribution in [0.1, 0.15) is 48.2 Å². The number of carbonyl (C=O) groups is 4. The highest BCUT2D eigenvalue weighted by Crippen LogP contribution is 2.30. The Bertz CT molecular complexity index is 999. The van der Waals surface area contributed by atoms with Gasteiger partial charge in [0.25, 0.3) is 5.91 Å². The van der Waals surface area contributed by atoms with Crippen LogP contribution in [-0.2, 0) is 15.1 Å². The summed E-state index contributed by atoms with van der Waals surface area (Å²) in [4.78, 5) is 49.8. The van der Waals surface area contributed by atoms with Crippen LogP contribution in [0.4, 0.5) is 10.5 Å². The van der Waals surface area contributed by atoms with Gasteiger partial charge in [0.15, 0.2) is 0 Å². The Hall–Kier alpha value is -3.68. The van der Waals surface area contributed by atoms with Crippen molar-refractivity contribution in [3.8, 4) is 0 Å². The van der Waals surface area contributed by atoms with E-state index in [1.54, 1.807) is 6.92 Å². The minimum absolute atomic E-state index is 0.307. The average molecular weight is 408 g/mol. The lowest BCUT2D eigenvalue weighted by molar-refractivity contribution is -0.133. The van der Waals surface area contributed by atoms with E-state index in [1.807, 2.05) is 24.3 Å². The highest BCUT2D eigenvalue weighted by molar-refractivity contribution is 6.10. The van der Waals surface area contributed by atoms with Crippen molar-refractivity contribution in [2.75, 3.05) is 11.9 Å². The number of amides is 5. The summed E-state index contributed by atoms with van der Waals surface area (Å²) in [5.41, 5.74) is 6.44. The molecule has 8 nitrogen and oxygen atoms in total. The molecule has 156 valence electrons. The molecule has 1 unspecified atom stereocenters. The SMILES string of the molecule is CC(C)c1ccc(C2(C)NC(=O)N(CC(=O)Nc3ccc(C(N)=O)cc3)C2=O)cc1. The molecule has 0 aliphatic carbocycles. The Labute approximate surface area is 174 Å². The van der Waals surface area contributed by atoms with Gasteiger partial charge >= 0.3 is 6.03 Å². The number of carbonyl (C=O) groups excluding carboxylic acids is 4. The third-order valence-corrected chi connectivity index (χ3v) is 5.18. The van der Waals surface area contributed by atoms with E-state index in [0.717, 1.165) is 10.5 Å². The standard InChI is InChI=1S/C22H24N4O4/c1-13(2)14-4-8-16(9-5-14)22(3)20(29)26(21(30)25-22)12-18(27)24-17-10-6-15(7-11-17)19(23)28/h4-11,13H,12H2,1-3H3,(H2,23,28)(H,24,27)(H,25,30). The molecule has 4 N–H and O–H groups in total. The van der Waals surface area contributed by atoms with Crippen LogP contribution >= 0.6 is 0 Å². The predicted molar refractivity (Wildman–Crippen MR) is 112 cm³/mol. The highest BCUT2D eigenvalue weighted by Gasteiger charge is 2.49. The molecule has 1 atom stereocenters. The lowest BCUT2D eigenvalue weighted by Crippen LogP contribution is -2.42. The zero-order valence-electron chi connectivity index (χ0n) is 17.1. The molecule has 1 heterocycles. The van der Waals surface area contributed by atoms with E-state index in [9.17, 15) is 19.2 Å². The maximum atomic E-state index is 13.0. The summed E-state index contributed by atoms with van der Waals surface area (Å²) in [6.45, 7) is 5.34. The molecule has 2 aromatic carbocycles. The first-order valence-corrected chi connectivity index (χ1v) is 9.56. The molecule has 0 spiro atoms. The Morgan fingerprint density at radius 1 is 1.07 bits per heavy atom. The molecule has 0 bridgehead atoms. The van der Waals surface area contributed by atoms with Crippen LogP contribution in [0.5, 0.6) is 0 Å². The molecular formula is C22H24N4O4. The van der Waals surface area contributed by atoms with E-state index in [1.165, 1.54) is 24.3 Å². The summed E-state index contributed by atoms with van der Waals surface area (Å²) in [5, 5.41) is 5.29. The number of nitrogens with two attached hydrogens (primary N) is 1. The van der Waals surface area contributed by atoms with E-state index in [2.05, 4.69) is 24.5 Å². The van der Waals surface area contributed by atoms with Crippen molar-refractivity contribution in [3.63, 3.8) is 0 Å². The third kappa shape index (κ3) is 4.03. The second kappa shape index (κ2) is 7.98. The Kier molecular flexibility index (Phi) is 5.60. The zero-order chi connectivity index (χ0) is 22.1. The predicted octanol–water partition coefficient (Wildman–Crippen LogP) is 2.31. The van der Waals surface area contributed by atoms with Crippen LogP contribution < -0.4 is 16.4 Å². The molecule has 0 aromatic heterocycles. The second-order valence-corrected chi connectivity index (χ2v) is 7.71. The number of primary amides is 1. The van der Waals surface area contributed by atoms with E-state index in [0.29, 0.717) is 22.7 Å². The van der Waals surface area contributed by atoms with Gasteiger partial charge < -0.3 is 16.4 Å². The number of urea groups is 1. The number of anilines is 1. The van der Waals surface area contributed by atoms with Crippen molar-refractivity contribution in [2.45, 2.75) is 32.2 Å². The zero-order valence-corrected chi connectivity index (χ0v) is 17.1. The maximum absolute atomic E-state index is 13.0. The van der Waals surface area contributed by atoms with Gasteiger partial charge in [0.1, 0.15) is 12.1 Å². The largest absolute Gasteiger partial charge is 0.366 e. The van der Waals surface area contributed by atoms with Crippen molar-refractivity contribution in [2.24, 2.45) is 5.73 Å². The molecule has 1 fully saturated rings. The van der Waals surface area contributed by atoms with Gasteiger partial charge in [-0.25, -0.2) is 4.79 Å². The highest BCUT2D eigenvalue weighted by atomic mass is 16.2. The molecule has 8 heteroatoms. The van der Waals surface area contributed by atoms with Crippen molar-refractivity contribution in [3.05, 3.63) is 65.2 Å². The average Bonchev–Trinajstić information content (AvgIpc) is 2.92. The van der Waals surface area contributed by atoms with Gasteiger partial charge in [0, 0.05) is 11.3 Å². The minimum atomic E-state index is -1.24. The second-order valence-electron chi connectivity index (χ2n) is 7.71. The fourth-order valence-corrected chi connectivity index (χ4v) is 3.30. The fraction of sp³-hybridized carbons (Fsp3) is 0.273. The Morgan fingerprint density at radius 3 is 2.20 bits per heavy atom. The number of imide groups is 1. The minimum Gasteiger partial charge on any atom is -0.366 e. The van der Waals surface area contributed by atoms with Gasteiger partial charge in [-0.05, 0) is 48.2 Å². The van der Waals surface area contributed by atoms with Crippen LogP contribution in [0.2, 0.25) is 0 Å². The molecule has 5 amide bonds. The first-order chi connectivity index (χ1) is 14.1. The van der Waals surface area contributed by atoms with Crippen LogP contribution in [-0.4, -0.2) is 35.2 Å². The number of hydrogen-bond donors (Lipinski definition) is 3. The van der Waals surface area contributed by atoms with Crippen LogP contribution in [0, 0.1) is 0 Å². The normalized spacial score (nSPS) is 18.5. The van der Waals surface area contributed by atoms with Crippen molar-refractivity contribution in [1.29, 1.82) is 0 Å². The Balaban J connectivity index is 1.71. The Morgan fingerprint density at radius 2 is 1.67 bits per heavy atom. The lowest BCUT2D eigenvalue weighted by Gasteiger charge is -2.22. The molecule has 1 aliphatic heterocycles. The van der Waals surface area contributed by atoms with Crippen molar-refractivity contribution >= 4 is 29.4 Å². The van der Waals surface area contributed by atoms with E-state index in [-0.39, 0.29) is 0 Å². The quantitative estimate of drug-likeness (QED) is 0.635. The van der Waals surface area contributed by atoms with E-state index >= 15 is 0 Å². The molecular weight excluding hydrogens is 384 g/mol. The van der Waals surface area contributed by atoms with E-state index < -0.39 is 35.8 Å². The fourth-order valence-electron chi connectivity index (χ4n) is 3.30. The first kappa shape index (κ1) is 21.0. The van der Waals surface area contributed by atoms with Crippen LogP contribution in [0.3, 0.4) is 0 Å². The summed E-state index contributed by atoms with van der Waals surface area (Å²) in [6, 6.07) is 12.8. The van der Waals surface area contributed by atoms with E-state index in [4.69, 9.17) is 5.73 Å². The number of nitrogens with zero attached hydrogens (tertiary/aromatic N) is 1. The summed E-state index contributed by atoms with van der Waals surface area (Å²) in [6.07, 6.45) is 0. The molecule has 0 radical (unpaired) electrons. The molecule has 0 saturated carbocycles. The van der Waals surface area contributed by atoms with Crippen LogP contribution in [0.15, 0.2) is 48.5 Å².